The largest absolute Gasteiger partial charge is 0.436 e. The standard InChI is InChI=1S/C19H13F6N3OS/c1-30-13-9-7-11(8-10-13)26-17(29)14-15(18(20,21)22)27-28(16(14)19(23,24)25)12-5-3-2-4-6-12/h2-10H,1H3,(H,26,29). The molecule has 0 saturated carbocycles. The van der Waals surface area contributed by atoms with E-state index < -0.39 is 35.2 Å². The molecule has 30 heavy (non-hydrogen) atoms. The summed E-state index contributed by atoms with van der Waals surface area (Å²) in [4.78, 5) is 13.4. The highest BCUT2D eigenvalue weighted by Crippen LogP contribution is 2.40. The molecule has 0 atom stereocenters. The minimum atomic E-state index is -5.28. The Labute approximate surface area is 170 Å². The van der Waals surface area contributed by atoms with Crippen molar-refractivity contribution in [2.24, 2.45) is 0 Å². The molecule has 0 unspecified atom stereocenters. The number of anilines is 1. The molecule has 1 aromatic heterocycles. The van der Waals surface area contributed by atoms with Gasteiger partial charge in [-0.2, -0.15) is 31.4 Å². The minimum absolute atomic E-state index is 0.0477. The second-order valence-corrected chi connectivity index (χ2v) is 6.88. The predicted molar refractivity (Wildman–Crippen MR) is 99.7 cm³/mol. The Morgan fingerprint density at radius 3 is 2.03 bits per heavy atom. The van der Waals surface area contributed by atoms with Gasteiger partial charge >= 0.3 is 12.4 Å². The van der Waals surface area contributed by atoms with Crippen LogP contribution < -0.4 is 5.32 Å². The Morgan fingerprint density at radius 1 is 0.933 bits per heavy atom. The van der Waals surface area contributed by atoms with Crippen LogP contribution in [0.3, 0.4) is 0 Å². The zero-order valence-electron chi connectivity index (χ0n) is 15.2. The monoisotopic (exact) mass is 445 g/mol. The summed E-state index contributed by atoms with van der Waals surface area (Å²) in [6.45, 7) is 0. The maximum Gasteiger partial charge on any atom is 0.436 e. The molecular weight excluding hydrogens is 432 g/mol. The summed E-state index contributed by atoms with van der Waals surface area (Å²) in [6.07, 6.45) is -8.77. The number of rotatable bonds is 4. The van der Waals surface area contributed by atoms with Gasteiger partial charge in [-0.1, -0.05) is 18.2 Å². The Bertz CT molecular complexity index is 1040. The molecule has 1 heterocycles. The first-order valence-corrected chi connectivity index (χ1v) is 9.53. The zero-order chi connectivity index (χ0) is 22.1. The fourth-order valence-corrected chi connectivity index (χ4v) is 3.13. The van der Waals surface area contributed by atoms with E-state index >= 15 is 0 Å². The molecule has 0 aliphatic rings. The van der Waals surface area contributed by atoms with Crippen molar-refractivity contribution in [3.05, 3.63) is 71.5 Å². The number of hydrogen-bond acceptors (Lipinski definition) is 3. The lowest BCUT2D eigenvalue weighted by atomic mass is 10.1. The van der Waals surface area contributed by atoms with Gasteiger partial charge < -0.3 is 5.32 Å². The quantitative estimate of drug-likeness (QED) is 0.403. The molecule has 1 N–H and O–H groups in total. The van der Waals surface area contributed by atoms with E-state index in [4.69, 9.17) is 0 Å². The fourth-order valence-electron chi connectivity index (χ4n) is 2.72. The van der Waals surface area contributed by atoms with Gasteiger partial charge in [0.2, 0.25) is 0 Å². The van der Waals surface area contributed by atoms with E-state index in [1.165, 1.54) is 42.1 Å². The average Bonchev–Trinajstić information content (AvgIpc) is 3.11. The van der Waals surface area contributed by atoms with Gasteiger partial charge in [-0.25, -0.2) is 4.68 Å². The molecule has 1 amide bonds. The van der Waals surface area contributed by atoms with Crippen molar-refractivity contribution >= 4 is 23.4 Å². The van der Waals surface area contributed by atoms with E-state index in [-0.39, 0.29) is 16.1 Å². The van der Waals surface area contributed by atoms with Crippen molar-refractivity contribution in [3.63, 3.8) is 0 Å². The van der Waals surface area contributed by atoms with Gasteiger partial charge in [-0.15, -0.1) is 11.8 Å². The topological polar surface area (TPSA) is 46.9 Å². The summed E-state index contributed by atoms with van der Waals surface area (Å²) in [5.41, 5.74) is -5.53. The van der Waals surface area contributed by atoms with Crippen molar-refractivity contribution in [2.45, 2.75) is 17.2 Å². The van der Waals surface area contributed by atoms with Gasteiger partial charge in [0.25, 0.3) is 5.91 Å². The van der Waals surface area contributed by atoms with E-state index in [1.807, 2.05) is 0 Å². The highest BCUT2D eigenvalue weighted by molar-refractivity contribution is 7.98. The van der Waals surface area contributed by atoms with Crippen molar-refractivity contribution in [1.82, 2.24) is 9.78 Å². The number of benzene rings is 2. The van der Waals surface area contributed by atoms with Crippen LogP contribution in [0.2, 0.25) is 0 Å². The number of amides is 1. The van der Waals surface area contributed by atoms with Gasteiger partial charge in [0.05, 0.1) is 5.69 Å². The van der Waals surface area contributed by atoms with Gasteiger partial charge in [0, 0.05) is 10.6 Å². The number of carbonyl (C=O) groups is 1. The highest BCUT2D eigenvalue weighted by atomic mass is 32.2. The predicted octanol–water partition coefficient (Wildman–Crippen LogP) is 5.88. The number of alkyl halides is 6. The summed E-state index contributed by atoms with van der Waals surface area (Å²) in [5, 5.41) is 5.21. The molecule has 0 bridgehead atoms. The van der Waals surface area contributed by atoms with Crippen molar-refractivity contribution in [2.75, 3.05) is 11.6 Å². The molecule has 0 radical (unpaired) electrons. The number of nitrogens with one attached hydrogen (secondary N) is 1. The lowest BCUT2D eigenvalue weighted by Crippen LogP contribution is -2.22. The lowest BCUT2D eigenvalue weighted by molar-refractivity contribution is -0.144. The van der Waals surface area contributed by atoms with E-state index in [0.717, 1.165) is 17.0 Å². The molecule has 0 saturated heterocycles. The van der Waals surface area contributed by atoms with Gasteiger partial charge in [-0.3, -0.25) is 4.79 Å². The molecular formula is C19H13F6N3OS. The van der Waals surface area contributed by atoms with Gasteiger partial charge in [0.15, 0.2) is 11.4 Å². The van der Waals surface area contributed by atoms with E-state index in [1.54, 1.807) is 18.4 Å². The Morgan fingerprint density at radius 2 is 1.53 bits per heavy atom. The van der Waals surface area contributed by atoms with E-state index in [2.05, 4.69) is 10.4 Å². The van der Waals surface area contributed by atoms with Crippen molar-refractivity contribution in [3.8, 4) is 5.69 Å². The average molecular weight is 445 g/mol. The SMILES string of the molecule is CSc1ccc(NC(=O)c2c(C(F)(F)F)nn(-c3ccccc3)c2C(F)(F)F)cc1. The van der Waals surface area contributed by atoms with Gasteiger partial charge in [0.1, 0.15) is 5.56 Å². The third-order valence-corrected chi connectivity index (χ3v) is 4.74. The Hall–Kier alpha value is -2.95. The van der Waals surface area contributed by atoms with E-state index in [9.17, 15) is 31.1 Å². The van der Waals surface area contributed by atoms with Crippen LogP contribution in [0.1, 0.15) is 21.7 Å². The van der Waals surface area contributed by atoms with Crippen LogP contribution in [0.15, 0.2) is 59.5 Å². The van der Waals surface area contributed by atoms with Crippen LogP contribution in [0, 0.1) is 0 Å². The molecule has 2 aromatic carbocycles. The first-order valence-electron chi connectivity index (χ1n) is 8.30. The second-order valence-electron chi connectivity index (χ2n) is 6.00. The summed E-state index contributed by atoms with van der Waals surface area (Å²) >= 11 is 1.38. The first-order chi connectivity index (χ1) is 14.0. The normalized spacial score (nSPS) is 12.1. The molecule has 3 rings (SSSR count). The number of aromatic nitrogens is 2. The summed E-state index contributed by atoms with van der Waals surface area (Å²) in [7, 11) is 0. The molecule has 0 aliphatic heterocycles. The van der Waals surface area contributed by atoms with Crippen LogP contribution in [-0.4, -0.2) is 21.9 Å². The fraction of sp³-hybridized carbons (Fsp3) is 0.158. The molecule has 158 valence electrons. The lowest BCUT2D eigenvalue weighted by Gasteiger charge is -2.13. The molecule has 11 heteroatoms. The van der Waals surface area contributed by atoms with Crippen LogP contribution in [0.4, 0.5) is 32.0 Å². The van der Waals surface area contributed by atoms with Crippen LogP contribution >= 0.6 is 11.8 Å². The van der Waals surface area contributed by atoms with Crippen LogP contribution in [-0.2, 0) is 12.4 Å². The Balaban J connectivity index is 2.17. The second kappa shape index (κ2) is 8.05. The molecule has 4 nitrogen and oxygen atoms in total. The maximum atomic E-state index is 13.8. The van der Waals surface area contributed by atoms with Crippen LogP contribution in [0.5, 0.6) is 0 Å². The number of thioether (sulfide) groups is 1. The molecule has 3 aromatic rings. The first kappa shape index (κ1) is 21.8. The van der Waals surface area contributed by atoms with Crippen LogP contribution in [0.25, 0.3) is 5.69 Å². The molecule has 0 aliphatic carbocycles. The smallest absolute Gasteiger partial charge is 0.322 e. The summed E-state index contributed by atoms with van der Waals surface area (Å²) < 4.78 is 82.0. The number of halogens is 6. The maximum absolute atomic E-state index is 13.8. The summed E-state index contributed by atoms with van der Waals surface area (Å²) in [5.74, 6) is -1.56. The number of para-hydroxylation sites is 1. The third kappa shape index (κ3) is 4.45. The number of carbonyl (C=O) groups excluding carboxylic acids is 1. The summed E-state index contributed by atoms with van der Waals surface area (Å²) in [6, 6.07) is 12.4. The molecule has 0 fully saturated rings. The zero-order valence-corrected chi connectivity index (χ0v) is 16.0. The number of hydrogen-bond donors (Lipinski definition) is 1. The van der Waals surface area contributed by atoms with Crippen molar-refractivity contribution in [1.29, 1.82) is 0 Å². The highest BCUT2D eigenvalue weighted by Gasteiger charge is 2.49. The number of nitrogens with zero attached hydrogens (tertiary/aromatic N) is 2. The van der Waals surface area contributed by atoms with E-state index in [0.29, 0.717) is 0 Å². The minimum Gasteiger partial charge on any atom is -0.322 e. The third-order valence-electron chi connectivity index (χ3n) is 4.00. The Kier molecular flexibility index (Phi) is 5.84. The molecule has 0 spiro atoms. The van der Waals surface area contributed by atoms with Crippen molar-refractivity contribution < 1.29 is 31.1 Å². The van der Waals surface area contributed by atoms with Gasteiger partial charge in [-0.05, 0) is 42.7 Å².